The normalized spacial score (nSPS) is 11.7. The molecule has 1 aromatic heterocycles. The minimum absolute atomic E-state index is 0.166. The highest BCUT2D eigenvalue weighted by atomic mass is 35.5. The predicted molar refractivity (Wildman–Crippen MR) is 98.9 cm³/mol. The lowest BCUT2D eigenvalue weighted by Gasteiger charge is -2.17. The number of carbonyl (C=O) groups is 1. The summed E-state index contributed by atoms with van der Waals surface area (Å²) in [6.07, 6.45) is 1.39. The maximum atomic E-state index is 12.4. The van der Waals surface area contributed by atoms with Gasteiger partial charge in [0.1, 0.15) is 5.15 Å². The van der Waals surface area contributed by atoms with Gasteiger partial charge in [0, 0.05) is 6.20 Å². The quantitative estimate of drug-likeness (QED) is 0.706. The lowest BCUT2D eigenvalue weighted by Crippen LogP contribution is -2.26. The molecule has 1 amide bonds. The van der Waals surface area contributed by atoms with Crippen molar-refractivity contribution in [1.82, 2.24) is 10.3 Å². The van der Waals surface area contributed by atoms with Crippen LogP contribution in [0.5, 0.6) is 11.5 Å². The molecule has 0 aliphatic rings. The fraction of sp³-hybridized carbons (Fsp3) is 0.333. The molecule has 0 spiro atoms. The Bertz CT molecular complexity index is 753. The van der Waals surface area contributed by atoms with Crippen LogP contribution in [0.3, 0.4) is 0 Å². The fourth-order valence-electron chi connectivity index (χ4n) is 2.25. The lowest BCUT2D eigenvalue weighted by atomic mass is 10.1. The maximum absolute atomic E-state index is 12.4. The first-order valence-corrected chi connectivity index (χ1v) is 8.73. The molecule has 1 N–H and O–H groups in total. The summed E-state index contributed by atoms with van der Waals surface area (Å²) in [5.41, 5.74) is 1.24. The van der Waals surface area contributed by atoms with E-state index in [9.17, 15) is 4.79 Å². The van der Waals surface area contributed by atoms with E-state index in [4.69, 9.17) is 32.7 Å². The molecule has 25 heavy (non-hydrogen) atoms. The van der Waals surface area contributed by atoms with Crippen LogP contribution >= 0.6 is 23.2 Å². The Hall–Kier alpha value is -1.98. The van der Waals surface area contributed by atoms with Gasteiger partial charge in [-0.2, -0.15) is 0 Å². The minimum atomic E-state index is -0.287. The third kappa shape index (κ3) is 5.00. The van der Waals surface area contributed by atoms with Crippen LogP contribution in [0.2, 0.25) is 10.2 Å². The van der Waals surface area contributed by atoms with Crippen molar-refractivity contribution < 1.29 is 14.3 Å². The monoisotopic (exact) mass is 382 g/mol. The second kappa shape index (κ2) is 8.92. The topological polar surface area (TPSA) is 60.5 Å². The van der Waals surface area contributed by atoms with E-state index in [-0.39, 0.29) is 22.1 Å². The number of nitrogens with one attached hydrogen (secondary N) is 1. The molecular formula is C18H20Cl2N2O3. The van der Waals surface area contributed by atoms with Crippen LogP contribution in [0.15, 0.2) is 30.5 Å². The van der Waals surface area contributed by atoms with Crippen molar-refractivity contribution in [3.63, 3.8) is 0 Å². The molecule has 2 aromatic rings. The van der Waals surface area contributed by atoms with Crippen molar-refractivity contribution in [1.29, 1.82) is 0 Å². The molecule has 1 heterocycles. The summed E-state index contributed by atoms with van der Waals surface area (Å²) in [4.78, 5) is 16.2. The number of pyridine rings is 1. The molecule has 1 aromatic carbocycles. The Labute approximate surface area is 157 Å². The second-order valence-electron chi connectivity index (χ2n) is 5.26. The molecule has 0 saturated heterocycles. The number of benzene rings is 1. The number of aromatic nitrogens is 1. The van der Waals surface area contributed by atoms with E-state index in [0.717, 1.165) is 5.56 Å². The summed E-state index contributed by atoms with van der Waals surface area (Å²) >= 11 is 11.7. The van der Waals surface area contributed by atoms with Crippen LogP contribution in [0.25, 0.3) is 0 Å². The van der Waals surface area contributed by atoms with E-state index in [1.165, 1.54) is 12.3 Å². The molecule has 0 aliphatic heterocycles. The zero-order chi connectivity index (χ0) is 18.4. The van der Waals surface area contributed by atoms with Crippen molar-refractivity contribution in [2.75, 3.05) is 13.2 Å². The number of carbonyl (C=O) groups excluding carboxylic acids is 1. The van der Waals surface area contributed by atoms with Crippen molar-refractivity contribution >= 4 is 29.1 Å². The van der Waals surface area contributed by atoms with Crippen LogP contribution < -0.4 is 14.8 Å². The number of rotatable bonds is 7. The van der Waals surface area contributed by atoms with E-state index < -0.39 is 0 Å². The molecule has 0 saturated carbocycles. The third-order valence-electron chi connectivity index (χ3n) is 3.47. The highest BCUT2D eigenvalue weighted by Crippen LogP contribution is 2.31. The van der Waals surface area contributed by atoms with Crippen LogP contribution in [0.4, 0.5) is 0 Å². The Morgan fingerprint density at radius 2 is 1.84 bits per heavy atom. The first-order chi connectivity index (χ1) is 12.0. The van der Waals surface area contributed by atoms with E-state index in [2.05, 4.69) is 10.3 Å². The van der Waals surface area contributed by atoms with Crippen LogP contribution in [-0.4, -0.2) is 24.1 Å². The van der Waals surface area contributed by atoms with Crippen molar-refractivity contribution in [3.05, 3.63) is 51.8 Å². The number of hydrogen-bond acceptors (Lipinski definition) is 4. The van der Waals surface area contributed by atoms with Crippen LogP contribution in [0.1, 0.15) is 42.7 Å². The van der Waals surface area contributed by atoms with Crippen molar-refractivity contribution in [3.8, 4) is 11.5 Å². The molecule has 0 fully saturated rings. The summed E-state index contributed by atoms with van der Waals surface area (Å²) in [6, 6.07) is 6.85. The number of amides is 1. The van der Waals surface area contributed by atoms with Gasteiger partial charge in [0.25, 0.3) is 5.91 Å². The summed E-state index contributed by atoms with van der Waals surface area (Å²) in [5, 5.41) is 3.31. The van der Waals surface area contributed by atoms with Gasteiger partial charge in [0.2, 0.25) is 0 Å². The van der Waals surface area contributed by atoms with Gasteiger partial charge in [0.05, 0.1) is 29.8 Å². The average molecular weight is 383 g/mol. The molecule has 7 heteroatoms. The van der Waals surface area contributed by atoms with Crippen LogP contribution in [0, 0.1) is 0 Å². The highest BCUT2D eigenvalue weighted by Gasteiger charge is 2.15. The Morgan fingerprint density at radius 1 is 1.16 bits per heavy atom. The minimum Gasteiger partial charge on any atom is -0.490 e. The largest absolute Gasteiger partial charge is 0.490 e. The molecule has 1 unspecified atom stereocenters. The predicted octanol–water partition coefficient (Wildman–Crippen LogP) is 4.68. The lowest BCUT2D eigenvalue weighted by molar-refractivity contribution is 0.0939. The first-order valence-electron chi connectivity index (χ1n) is 7.97. The summed E-state index contributed by atoms with van der Waals surface area (Å²) in [6.45, 7) is 6.78. The standard InChI is InChI=1S/C18H20Cl2N2O3/c1-4-24-15-7-6-12(9-16(15)25-5-2)11(3)22-18(23)13-8-14(19)17(20)21-10-13/h6-11H,4-5H2,1-3H3,(H,22,23). The fourth-order valence-corrected chi connectivity index (χ4v) is 2.52. The highest BCUT2D eigenvalue weighted by molar-refractivity contribution is 6.41. The average Bonchev–Trinajstić information content (AvgIpc) is 2.59. The molecule has 134 valence electrons. The first kappa shape index (κ1) is 19.3. The van der Waals surface area contributed by atoms with Crippen molar-refractivity contribution in [2.45, 2.75) is 26.8 Å². The Balaban J connectivity index is 2.16. The molecule has 0 radical (unpaired) electrons. The number of nitrogens with zero attached hydrogens (tertiary/aromatic N) is 1. The number of ether oxygens (including phenoxy) is 2. The van der Waals surface area contributed by atoms with Gasteiger partial charge < -0.3 is 14.8 Å². The van der Waals surface area contributed by atoms with E-state index in [1.807, 2.05) is 39.0 Å². The smallest absolute Gasteiger partial charge is 0.253 e. The van der Waals surface area contributed by atoms with Gasteiger partial charge in [-0.3, -0.25) is 4.79 Å². The van der Waals surface area contributed by atoms with Gasteiger partial charge in [-0.05, 0) is 44.5 Å². The van der Waals surface area contributed by atoms with E-state index in [0.29, 0.717) is 30.3 Å². The molecule has 1 atom stereocenters. The Kier molecular flexibility index (Phi) is 6.91. The SMILES string of the molecule is CCOc1ccc(C(C)NC(=O)c2cnc(Cl)c(Cl)c2)cc1OCC. The number of halogens is 2. The molecule has 5 nitrogen and oxygen atoms in total. The van der Waals surface area contributed by atoms with Crippen molar-refractivity contribution in [2.24, 2.45) is 0 Å². The van der Waals surface area contributed by atoms with E-state index in [1.54, 1.807) is 0 Å². The summed E-state index contributed by atoms with van der Waals surface area (Å²) < 4.78 is 11.2. The zero-order valence-electron chi connectivity index (χ0n) is 14.3. The molecule has 0 aliphatic carbocycles. The third-order valence-corrected chi connectivity index (χ3v) is 4.16. The Morgan fingerprint density at radius 3 is 2.48 bits per heavy atom. The summed E-state index contributed by atoms with van der Waals surface area (Å²) in [5.74, 6) is 1.05. The summed E-state index contributed by atoms with van der Waals surface area (Å²) in [7, 11) is 0. The zero-order valence-corrected chi connectivity index (χ0v) is 15.8. The van der Waals surface area contributed by atoms with Gasteiger partial charge in [0.15, 0.2) is 11.5 Å². The molecule has 0 bridgehead atoms. The molecular weight excluding hydrogens is 363 g/mol. The van der Waals surface area contributed by atoms with E-state index >= 15 is 0 Å². The number of hydrogen-bond donors (Lipinski definition) is 1. The van der Waals surface area contributed by atoms with Gasteiger partial charge in [-0.15, -0.1) is 0 Å². The molecule has 2 rings (SSSR count). The maximum Gasteiger partial charge on any atom is 0.253 e. The second-order valence-corrected chi connectivity index (χ2v) is 6.03. The van der Waals surface area contributed by atoms with Gasteiger partial charge in [-0.25, -0.2) is 4.98 Å². The van der Waals surface area contributed by atoms with Crippen LogP contribution in [-0.2, 0) is 0 Å². The van der Waals surface area contributed by atoms with Gasteiger partial charge in [-0.1, -0.05) is 29.3 Å². The van der Waals surface area contributed by atoms with Gasteiger partial charge >= 0.3 is 0 Å².